The van der Waals surface area contributed by atoms with E-state index in [1.54, 1.807) is 24.6 Å². The van der Waals surface area contributed by atoms with E-state index in [0.717, 1.165) is 71.5 Å². The molecule has 1 saturated heterocycles. The molecule has 1 fully saturated rings. The van der Waals surface area contributed by atoms with Crippen molar-refractivity contribution < 1.29 is 9.59 Å². The van der Waals surface area contributed by atoms with Gasteiger partial charge in [0.05, 0.1) is 4.88 Å². The summed E-state index contributed by atoms with van der Waals surface area (Å²) in [4.78, 5) is 32.8. The van der Waals surface area contributed by atoms with Crippen molar-refractivity contribution in [2.75, 3.05) is 13.6 Å². The van der Waals surface area contributed by atoms with Gasteiger partial charge in [-0.3, -0.25) is 9.59 Å². The quantitative estimate of drug-likeness (QED) is 0.602. The van der Waals surface area contributed by atoms with E-state index in [-0.39, 0.29) is 17.9 Å². The lowest BCUT2D eigenvalue weighted by molar-refractivity contribution is -0.135. The first-order chi connectivity index (χ1) is 15.1. The second-order valence-electron chi connectivity index (χ2n) is 8.20. The lowest BCUT2D eigenvalue weighted by Gasteiger charge is -2.36. The van der Waals surface area contributed by atoms with E-state index in [4.69, 9.17) is 0 Å². The molecule has 0 spiro atoms. The molecule has 0 radical (unpaired) electrons. The Labute approximate surface area is 187 Å². The topological polar surface area (TPSA) is 67.2 Å². The number of piperidine rings is 1. The predicted octanol–water partition coefficient (Wildman–Crippen LogP) is 4.17. The van der Waals surface area contributed by atoms with Gasteiger partial charge >= 0.3 is 0 Å². The Balaban J connectivity index is 1.49. The summed E-state index contributed by atoms with van der Waals surface area (Å²) >= 11 is 1.54. The zero-order chi connectivity index (χ0) is 21.8. The monoisotopic (exact) mass is 438 g/mol. The first kappa shape index (κ1) is 21.6. The number of amides is 2. The molecular weight excluding hydrogens is 408 g/mol. The molecule has 0 unspecified atom stereocenters. The third-order valence-electron chi connectivity index (χ3n) is 6.23. The number of hydrogen-bond donors (Lipinski definition) is 1. The molecule has 1 atom stereocenters. The van der Waals surface area contributed by atoms with Crippen LogP contribution in [0.25, 0.3) is 10.1 Å². The minimum atomic E-state index is -0.0411. The minimum absolute atomic E-state index is 0.0411. The minimum Gasteiger partial charge on any atom is -0.354 e. The Hall–Kier alpha value is -2.67. The summed E-state index contributed by atoms with van der Waals surface area (Å²) < 4.78 is 3.22. The Morgan fingerprint density at radius 2 is 2.10 bits per heavy atom. The maximum Gasteiger partial charge on any atom is 0.261 e. The number of nitrogens with zero attached hydrogens (tertiary/aromatic N) is 3. The average molecular weight is 439 g/mol. The lowest BCUT2D eigenvalue weighted by Crippen LogP contribution is -2.45. The SMILES string of the molecule is CNC(=O)c1sc2ccccc2c1C[C@@H]1CCCCN1C(=O)CCCn1ccnc1C. The lowest BCUT2D eigenvalue weighted by atomic mass is 9.93. The second kappa shape index (κ2) is 9.64. The van der Waals surface area contributed by atoms with Crippen LogP contribution >= 0.6 is 11.3 Å². The van der Waals surface area contributed by atoms with Crippen molar-refractivity contribution in [3.05, 3.63) is 52.9 Å². The van der Waals surface area contributed by atoms with Crippen molar-refractivity contribution in [1.29, 1.82) is 0 Å². The number of nitrogens with one attached hydrogen (secondary N) is 1. The summed E-state index contributed by atoms with van der Waals surface area (Å²) in [6.07, 6.45) is 9.02. The molecule has 7 heteroatoms. The van der Waals surface area contributed by atoms with Gasteiger partial charge in [0.25, 0.3) is 5.91 Å². The maximum absolute atomic E-state index is 13.1. The predicted molar refractivity (Wildman–Crippen MR) is 124 cm³/mol. The van der Waals surface area contributed by atoms with E-state index < -0.39 is 0 Å². The van der Waals surface area contributed by atoms with Gasteiger partial charge in [0.15, 0.2) is 0 Å². The Kier molecular flexibility index (Phi) is 6.70. The Morgan fingerprint density at radius 1 is 1.26 bits per heavy atom. The van der Waals surface area contributed by atoms with E-state index >= 15 is 0 Å². The largest absolute Gasteiger partial charge is 0.354 e. The molecule has 1 aliphatic rings. The van der Waals surface area contributed by atoms with Gasteiger partial charge < -0.3 is 14.8 Å². The van der Waals surface area contributed by atoms with Crippen LogP contribution in [0.15, 0.2) is 36.7 Å². The van der Waals surface area contributed by atoms with E-state index in [1.807, 2.05) is 25.3 Å². The molecule has 0 aliphatic carbocycles. The summed E-state index contributed by atoms with van der Waals surface area (Å²) in [6.45, 7) is 3.61. The highest BCUT2D eigenvalue weighted by atomic mass is 32.1. The standard InChI is InChI=1S/C24H30N4O2S/c1-17-26-12-15-27(17)13-7-11-22(29)28-14-6-5-8-18(28)16-20-19-9-3-4-10-21(19)31-23(20)24(30)25-2/h3-4,9-10,12,15,18H,5-8,11,13-14,16H2,1-2H3,(H,25,30)/t18-/m0/s1. The van der Waals surface area contributed by atoms with Crippen molar-refractivity contribution in [1.82, 2.24) is 19.8 Å². The molecule has 3 aromatic rings. The van der Waals surface area contributed by atoms with Crippen molar-refractivity contribution >= 4 is 33.2 Å². The number of fused-ring (bicyclic) bond motifs is 1. The van der Waals surface area contributed by atoms with Gasteiger partial charge in [0.1, 0.15) is 5.82 Å². The number of rotatable bonds is 7. The molecule has 164 valence electrons. The number of carbonyl (C=O) groups is 2. The fourth-order valence-corrected chi connectivity index (χ4v) is 5.74. The van der Waals surface area contributed by atoms with Crippen LogP contribution in [0, 0.1) is 6.92 Å². The fraction of sp³-hybridized carbons (Fsp3) is 0.458. The molecule has 3 heterocycles. The van der Waals surface area contributed by atoms with E-state index in [1.165, 1.54) is 0 Å². The van der Waals surface area contributed by atoms with Gasteiger partial charge in [-0.2, -0.15) is 0 Å². The van der Waals surface area contributed by atoms with Gasteiger partial charge in [-0.25, -0.2) is 4.98 Å². The zero-order valence-electron chi connectivity index (χ0n) is 18.3. The number of likely N-dealkylation sites (tertiary alicyclic amines) is 1. The molecule has 6 nitrogen and oxygen atoms in total. The molecule has 4 rings (SSSR count). The van der Waals surface area contributed by atoms with Crippen LogP contribution < -0.4 is 5.32 Å². The van der Waals surface area contributed by atoms with Gasteiger partial charge in [-0.15, -0.1) is 11.3 Å². The summed E-state index contributed by atoms with van der Waals surface area (Å²) in [7, 11) is 1.68. The fourth-order valence-electron chi connectivity index (χ4n) is 4.56. The van der Waals surface area contributed by atoms with Gasteiger partial charge in [0.2, 0.25) is 5.91 Å². The summed E-state index contributed by atoms with van der Waals surface area (Å²) in [5, 5.41) is 3.92. The first-order valence-corrected chi connectivity index (χ1v) is 11.9. The summed E-state index contributed by atoms with van der Waals surface area (Å²) in [5.74, 6) is 1.17. The van der Waals surface area contributed by atoms with Gasteiger partial charge in [-0.05, 0) is 56.0 Å². The molecule has 0 bridgehead atoms. The number of aryl methyl sites for hydroxylation is 2. The van der Waals surface area contributed by atoms with Crippen LogP contribution in [-0.4, -0.2) is 45.9 Å². The third kappa shape index (κ3) is 4.66. The Morgan fingerprint density at radius 3 is 2.87 bits per heavy atom. The van der Waals surface area contributed by atoms with Crippen molar-refractivity contribution in [2.45, 2.75) is 58.0 Å². The van der Waals surface area contributed by atoms with Crippen molar-refractivity contribution in [3.63, 3.8) is 0 Å². The number of benzene rings is 1. The van der Waals surface area contributed by atoms with Crippen LogP contribution in [0.5, 0.6) is 0 Å². The zero-order valence-corrected chi connectivity index (χ0v) is 19.1. The highest BCUT2D eigenvalue weighted by molar-refractivity contribution is 7.21. The highest BCUT2D eigenvalue weighted by Gasteiger charge is 2.29. The van der Waals surface area contributed by atoms with Crippen LogP contribution in [0.1, 0.15) is 53.2 Å². The molecule has 1 N–H and O–H groups in total. The third-order valence-corrected chi connectivity index (χ3v) is 7.44. The molecule has 2 aromatic heterocycles. The number of imidazole rings is 1. The van der Waals surface area contributed by atoms with Crippen LogP contribution in [0.2, 0.25) is 0 Å². The molecule has 1 aromatic carbocycles. The number of thiophene rings is 1. The Bertz CT molecular complexity index is 1070. The van der Waals surface area contributed by atoms with Crippen molar-refractivity contribution in [2.24, 2.45) is 0 Å². The number of hydrogen-bond acceptors (Lipinski definition) is 4. The van der Waals surface area contributed by atoms with Crippen LogP contribution in [-0.2, 0) is 17.8 Å². The molecule has 1 aliphatic heterocycles. The molecule has 0 saturated carbocycles. The average Bonchev–Trinajstić information content (AvgIpc) is 3.37. The van der Waals surface area contributed by atoms with Crippen LogP contribution in [0.4, 0.5) is 0 Å². The van der Waals surface area contributed by atoms with Crippen LogP contribution in [0.3, 0.4) is 0 Å². The highest BCUT2D eigenvalue weighted by Crippen LogP contribution is 2.34. The summed E-state index contributed by atoms with van der Waals surface area (Å²) in [6, 6.07) is 8.34. The molecular formula is C24H30N4O2S. The smallest absolute Gasteiger partial charge is 0.261 e. The van der Waals surface area contributed by atoms with E-state index in [9.17, 15) is 9.59 Å². The molecule has 31 heavy (non-hydrogen) atoms. The normalized spacial score (nSPS) is 16.6. The van der Waals surface area contributed by atoms with Crippen molar-refractivity contribution in [3.8, 4) is 0 Å². The summed E-state index contributed by atoms with van der Waals surface area (Å²) in [5.41, 5.74) is 1.08. The van der Waals surface area contributed by atoms with Gasteiger partial charge in [0, 0.05) is 49.7 Å². The second-order valence-corrected chi connectivity index (χ2v) is 9.25. The maximum atomic E-state index is 13.1. The number of carbonyl (C=O) groups excluding carboxylic acids is 2. The first-order valence-electron chi connectivity index (χ1n) is 11.1. The van der Waals surface area contributed by atoms with Gasteiger partial charge in [-0.1, -0.05) is 18.2 Å². The number of aromatic nitrogens is 2. The van der Waals surface area contributed by atoms with E-state index in [2.05, 4.69) is 31.9 Å². The van der Waals surface area contributed by atoms with E-state index in [0.29, 0.717) is 6.42 Å². The molecule has 2 amide bonds.